The van der Waals surface area contributed by atoms with Crippen LogP contribution in [0, 0.1) is 0 Å². The highest BCUT2D eigenvalue weighted by molar-refractivity contribution is 7.98. The Morgan fingerprint density at radius 1 is 1.30 bits per heavy atom. The first-order valence-corrected chi connectivity index (χ1v) is 9.27. The van der Waals surface area contributed by atoms with Gasteiger partial charge in [0.1, 0.15) is 5.75 Å². The number of carbonyl (C=O) groups excluding carboxylic acids is 2. The van der Waals surface area contributed by atoms with Crippen LogP contribution in [-0.2, 0) is 9.59 Å². The number of hydrogen-bond donors (Lipinski definition) is 1. The van der Waals surface area contributed by atoms with Crippen molar-refractivity contribution in [2.45, 2.75) is 20.3 Å². The molecule has 1 N–H and O–H groups in total. The van der Waals surface area contributed by atoms with E-state index in [4.69, 9.17) is 16.3 Å². The van der Waals surface area contributed by atoms with E-state index in [1.165, 1.54) is 0 Å². The van der Waals surface area contributed by atoms with Crippen LogP contribution < -0.4 is 10.1 Å². The van der Waals surface area contributed by atoms with Crippen LogP contribution in [0.1, 0.15) is 20.3 Å². The number of hydrogen-bond acceptors (Lipinski definition) is 4. The number of likely N-dealkylation sites (N-methyl/N-ethyl adjacent to an activating group) is 1. The van der Waals surface area contributed by atoms with Crippen molar-refractivity contribution in [3.63, 3.8) is 0 Å². The SMILES string of the molecule is CCN(CC)C(=O)COc1ccc(NC(=O)CCSC)cc1Cl. The van der Waals surface area contributed by atoms with Gasteiger partial charge in [0, 0.05) is 31.0 Å². The second-order valence-corrected chi connectivity index (χ2v) is 6.18. The molecule has 0 saturated carbocycles. The molecule has 1 aromatic rings. The second-order valence-electron chi connectivity index (χ2n) is 4.79. The lowest BCUT2D eigenvalue weighted by Gasteiger charge is -2.19. The molecule has 2 amide bonds. The minimum Gasteiger partial charge on any atom is -0.482 e. The van der Waals surface area contributed by atoms with Crippen molar-refractivity contribution in [3.8, 4) is 5.75 Å². The van der Waals surface area contributed by atoms with E-state index in [1.54, 1.807) is 34.9 Å². The molecular weight excluding hydrogens is 336 g/mol. The zero-order valence-corrected chi connectivity index (χ0v) is 15.3. The molecule has 0 saturated heterocycles. The highest BCUT2D eigenvalue weighted by atomic mass is 35.5. The molecule has 0 aliphatic heterocycles. The van der Waals surface area contributed by atoms with Gasteiger partial charge in [0.15, 0.2) is 6.61 Å². The summed E-state index contributed by atoms with van der Waals surface area (Å²) in [5.41, 5.74) is 0.614. The largest absolute Gasteiger partial charge is 0.482 e. The van der Waals surface area contributed by atoms with E-state index >= 15 is 0 Å². The highest BCUT2D eigenvalue weighted by Gasteiger charge is 2.12. The number of anilines is 1. The minimum atomic E-state index is -0.0829. The van der Waals surface area contributed by atoms with Gasteiger partial charge in [-0.3, -0.25) is 9.59 Å². The molecule has 23 heavy (non-hydrogen) atoms. The molecule has 0 atom stereocenters. The molecule has 0 aliphatic carbocycles. The van der Waals surface area contributed by atoms with E-state index in [9.17, 15) is 9.59 Å². The van der Waals surface area contributed by atoms with Crippen molar-refractivity contribution >= 4 is 40.9 Å². The summed E-state index contributed by atoms with van der Waals surface area (Å²) in [5.74, 6) is 1.06. The number of halogens is 1. The standard InChI is InChI=1S/C16H23ClN2O3S/c1-4-19(5-2)16(21)11-22-14-7-6-12(10-13(14)17)18-15(20)8-9-23-3/h6-7,10H,4-5,8-9,11H2,1-3H3,(H,18,20). The molecule has 0 heterocycles. The number of nitrogens with zero attached hydrogens (tertiary/aromatic N) is 1. The maximum absolute atomic E-state index is 11.9. The third-order valence-corrected chi connectivity index (χ3v) is 4.12. The second kappa shape index (κ2) is 10.4. The predicted molar refractivity (Wildman–Crippen MR) is 96.5 cm³/mol. The fourth-order valence-electron chi connectivity index (χ4n) is 1.92. The zero-order valence-electron chi connectivity index (χ0n) is 13.7. The van der Waals surface area contributed by atoms with Crippen molar-refractivity contribution in [1.29, 1.82) is 0 Å². The Kier molecular flexibility index (Phi) is 8.87. The van der Waals surface area contributed by atoms with Gasteiger partial charge >= 0.3 is 0 Å². The van der Waals surface area contributed by atoms with Crippen LogP contribution in [0.3, 0.4) is 0 Å². The Bertz CT molecular complexity index is 536. The van der Waals surface area contributed by atoms with Gasteiger partial charge in [0.05, 0.1) is 5.02 Å². The highest BCUT2D eigenvalue weighted by Crippen LogP contribution is 2.27. The molecule has 0 fully saturated rings. The molecule has 1 aromatic carbocycles. The summed E-state index contributed by atoms with van der Waals surface area (Å²) < 4.78 is 5.47. The lowest BCUT2D eigenvalue weighted by molar-refractivity contribution is -0.133. The lowest BCUT2D eigenvalue weighted by atomic mass is 10.3. The summed E-state index contributed by atoms with van der Waals surface area (Å²) in [7, 11) is 0. The molecule has 128 valence electrons. The fourth-order valence-corrected chi connectivity index (χ4v) is 2.55. The van der Waals surface area contributed by atoms with E-state index in [2.05, 4.69) is 5.32 Å². The molecular formula is C16H23ClN2O3S. The van der Waals surface area contributed by atoms with Gasteiger partial charge in [-0.25, -0.2) is 0 Å². The van der Waals surface area contributed by atoms with Crippen LogP contribution in [0.25, 0.3) is 0 Å². The molecule has 0 radical (unpaired) electrons. The number of ether oxygens (including phenoxy) is 1. The van der Waals surface area contributed by atoms with E-state index in [0.717, 1.165) is 5.75 Å². The average Bonchev–Trinajstić information content (AvgIpc) is 2.53. The van der Waals surface area contributed by atoms with Gasteiger partial charge in [-0.1, -0.05) is 11.6 Å². The van der Waals surface area contributed by atoms with Gasteiger partial charge < -0.3 is 15.0 Å². The van der Waals surface area contributed by atoms with E-state index in [1.807, 2.05) is 20.1 Å². The van der Waals surface area contributed by atoms with Crippen molar-refractivity contribution in [2.75, 3.05) is 37.0 Å². The average molecular weight is 359 g/mol. The van der Waals surface area contributed by atoms with Crippen LogP contribution in [-0.4, -0.2) is 48.4 Å². The van der Waals surface area contributed by atoms with Gasteiger partial charge in [-0.2, -0.15) is 11.8 Å². The minimum absolute atomic E-state index is 0.0547. The molecule has 0 aromatic heterocycles. The first-order chi connectivity index (χ1) is 11.0. The van der Waals surface area contributed by atoms with Crippen molar-refractivity contribution in [3.05, 3.63) is 23.2 Å². The van der Waals surface area contributed by atoms with E-state index < -0.39 is 0 Å². The van der Waals surface area contributed by atoms with Crippen LogP contribution >= 0.6 is 23.4 Å². The maximum Gasteiger partial charge on any atom is 0.260 e. The molecule has 0 spiro atoms. The molecule has 1 rings (SSSR count). The number of benzene rings is 1. The van der Waals surface area contributed by atoms with Gasteiger partial charge in [0.2, 0.25) is 5.91 Å². The summed E-state index contributed by atoms with van der Waals surface area (Å²) in [6, 6.07) is 4.98. The Morgan fingerprint density at radius 3 is 2.57 bits per heavy atom. The number of rotatable bonds is 9. The van der Waals surface area contributed by atoms with Crippen LogP contribution in [0.2, 0.25) is 5.02 Å². The topological polar surface area (TPSA) is 58.6 Å². The fraction of sp³-hybridized carbons (Fsp3) is 0.500. The molecule has 7 heteroatoms. The zero-order chi connectivity index (χ0) is 17.2. The van der Waals surface area contributed by atoms with E-state index in [-0.39, 0.29) is 18.4 Å². The Balaban J connectivity index is 2.59. The molecule has 0 aliphatic rings. The number of amides is 2. The molecule has 0 bridgehead atoms. The monoisotopic (exact) mass is 358 g/mol. The first kappa shape index (κ1) is 19.6. The summed E-state index contributed by atoms with van der Waals surface area (Å²) in [6.07, 6.45) is 2.41. The third kappa shape index (κ3) is 6.71. The van der Waals surface area contributed by atoms with Gasteiger partial charge in [0.25, 0.3) is 5.91 Å². The van der Waals surface area contributed by atoms with E-state index in [0.29, 0.717) is 36.0 Å². The van der Waals surface area contributed by atoms with Crippen molar-refractivity contribution in [1.82, 2.24) is 4.90 Å². The maximum atomic E-state index is 11.9. The third-order valence-electron chi connectivity index (χ3n) is 3.22. The van der Waals surface area contributed by atoms with Crippen LogP contribution in [0.4, 0.5) is 5.69 Å². The summed E-state index contributed by atoms with van der Waals surface area (Å²) >= 11 is 7.76. The summed E-state index contributed by atoms with van der Waals surface area (Å²) in [6.45, 7) is 5.08. The Hall–Kier alpha value is -1.40. The van der Waals surface area contributed by atoms with Crippen LogP contribution in [0.5, 0.6) is 5.75 Å². The normalized spacial score (nSPS) is 10.3. The molecule has 0 unspecified atom stereocenters. The summed E-state index contributed by atoms with van der Waals surface area (Å²) in [4.78, 5) is 25.3. The number of carbonyl (C=O) groups is 2. The summed E-state index contributed by atoms with van der Waals surface area (Å²) in [5, 5.41) is 3.14. The van der Waals surface area contributed by atoms with Gasteiger partial charge in [-0.15, -0.1) is 0 Å². The van der Waals surface area contributed by atoms with Crippen molar-refractivity contribution < 1.29 is 14.3 Å². The Labute approximate surface area is 146 Å². The quantitative estimate of drug-likeness (QED) is 0.736. The smallest absolute Gasteiger partial charge is 0.260 e. The number of thioether (sulfide) groups is 1. The predicted octanol–water partition coefficient (Wildman–Crippen LogP) is 3.28. The Morgan fingerprint density at radius 2 is 2.00 bits per heavy atom. The molecule has 5 nitrogen and oxygen atoms in total. The number of nitrogens with one attached hydrogen (secondary N) is 1. The first-order valence-electron chi connectivity index (χ1n) is 7.50. The lowest BCUT2D eigenvalue weighted by Crippen LogP contribution is -2.34. The van der Waals surface area contributed by atoms with Crippen molar-refractivity contribution in [2.24, 2.45) is 0 Å². The van der Waals surface area contributed by atoms with Gasteiger partial charge in [-0.05, 0) is 38.3 Å². The van der Waals surface area contributed by atoms with Crippen LogP contribution in [0.15, 0.2) is 18.2 Å².